The maximum Gasteiger partial charge on any atom is 0.326 e. The maximum atomic E-state index is 12.0. The van der Waals surface area contributed by atoms with Gasteiger partial charge in [-0.2, -0.15) is 0 Å². The van der Waals surface area contributed by atoms with Crippen molar-refractivity contribution in [1.29, 1.82) is 0 Å². The van der Waals surface area contributed by atoms with Crippen LogP contribution in [0.4, 0.5) is 5.69 Å². The van der Waals surface area contributed by atoms with Crippen LogP contribution in [-0.4, -0.2) is 53.3 Å². The number of nitrogens with one attached hydrogen (secondary N) is 1. The molecule has 0 radical (unpaired) electrons. The van der Waals surface area contributed by atoms with Crippen molar-refractivity contribution in [3.05, 3.63) is 22.6 Å². The maximum absolute atomic E-state index is 12.0. The summed E-state index contributed by atoms with van der Waals surface area (Å²) in [5.41, 5.74) is 2.87. The van der Waals surface area contributed by atoms with E-state index >= 15 is 0 Å². The Morgan fingerprint density at radius 2 is 1.78 bits per heavy atom. The number of aromatic amines is 1. The van der Waals surface area contributed by atoms with E-state index in [1.54, 1.807) is 18.7 Å². The molecule has 0 unspecified atom stereocenters. The molecule has 0 spiro atoms. The lowest BCUT2D eigenvalue weighted by Crippen LogP contribution is -2.53. The summed E-state index contributed by atoms with van der Waals surface area (Å²) in [6.45, 7) is 10.6. The van der Waals surface area contributed by atoms with E-state index in [0.29, 0.717) is 0 Å². The zero-order chi connectivity index (χ0) is 16.8. The number of aromatic nitrogens is 2. The van der Waals surface area contributed by atoms with E-state index in [2.05, 4.69) is 35.6 Å². The molecule has 3 rings (SSSR count). The van der Waals surface area contributed by atoms with Gasteiger partial charge in [0.2, 0.25) is 0 Å². The summed E-state index contributed by atoms with van der Waals surface area (Å²) < 4.78 is 7.25. The average Bonchev–Trinajstić information content (AvgIpc) is 2.81. The van der Waals surface area contributed by atoms with Crippen molar-refractivity contribution in [3.63, 3.8) is 0 Å². The largest absolute Gasteiger partial charge is 0.494 e. The lowest BCUT2D eigenvalue weighted by atomic mass is 10.0. The predicted octanol–water partition coefficient (Wildman–Crippen LogP) is 1.80. The summed E-state index contributed by atoms with van der Waals surface area (Å²) in [6.07, 6.45) is 0. The van der Waals surface area contributed by atoms with Gasteiger partial charge in [0.15, 0.2) is 0 Å². The first-order chi connectivity index (χ1) is 10.8. The van der Waals surface area contributed by atoms with Crippen LogP contribution in [0.25, 0.3) is 11.0 Å². The molecular weight excluding hydrogens is 292 g/mol. The Hall–Kier alpha value is -1.95. The average molecular weight is 318 g/mol. The third kappa shape index (κ3) is 2.72. The molecule has 1 aromatic carbocycles. The Morgan fingerprint density at radius 1 is 1.13 bits per heavy atom. The standard InChI is InChI=1S/C17H26N4O2/c1-17(2,3)21-10-8-20(9-11-21)15-13(23-5)7-6-12-14(15)19(4)16(22)18-12/h6-7H,8-11H2,1-5H3,(H,18,22). The number of hydrogen-bond acceptors (Lipinski definition) is 4. The van der Waals surface area contributed by atoms with Crippen LogP contribution >= 0.6 is 0 Å². The fraction of sp³-hybridized carbons (Fsp3) is 0.588. The molecule has 2 aromatic rings. The second kappa shape index (κ2) is 5.60. The van der Waals surface area contributed by atoms with Gasteiger partial charge in [-0.1, -0.05) is 0 Å². The molecule has 6 heteroatoms. The first kappa shape index (κ1) is 15.9. The van der Waals surface area contributed by atoms with Gasteiger partial charge in [-0.05, 0) is 32.9 Å². The van der Waals surface area contributed by atoms with Crippen LogP contribution in [0.2, 0.25) is 0 Å². The number of ether oxygens (including phenoxy) is 1. The number of H-pyrrole nitrogens is 1. The molecule has 1 aliphatic rings. The van der Waals surface area contributed by atoms with E-state index in [0.717, 1.165) is 48.6 Å². The molecule has 0 amide bonds. The minimum atomic E-state index is -0.0946. The van der Waals surface area contributed by atoms with E-state index in [1.165, 1.54) is 0 Å². The van der Waals surface area contributed by atoms with Gasteiger partial charge in [0, 0.05) is 38.8 Å². The highest BCUT2D eigenvalue weighted by Gasteiger charge is 2.28. The van der Waals surface area contributed by atoms with Gasteiger partial charge in [0.05, 0.1) is 18.1 Å². The number of imidazole rings is 1. The molecule has 1 N–H and O–H groups in total. The number of aryl methyl sites for hydroxylation is 1. The SMILES string of the molecule is COc1ccc2[nH]c(=O)n(C)c2c1N1CCN(C(C)(C)C)CC1. The van der Waals surface area contributed by atoms with Crippen LogP contribution < -0.4 is 15.3 Å². The Labute approximate surface area is 136 Å². The number of hydrogen-bond donors (Lipinski definition) is 1. The molecular formula is C17H26N4O2. The first-order valence-electron chi connectivity index (χ1n) is 8.08. The van der Waals surface area contributed by atoms with Crippen molar-refractivity contribution in [2.24, 2.45) is 7.05 Å². The summed E-state index contributed by atoms with van der Waals surface area (Å²) in [4.78, 5) is 19.7. The van der Waals surface area contributed by atoms with E-state index < -0.39 is 0 Å². The lowest BCUT2D eigenvalue weighted by Gasteiger charge is -2.43. The van der Waals surface area contributed by atoms with Crippen LogP contribution in [0, 0.1) is 0 Å². The summed E-state index contributed by atoms with van der Waals surface area (Å²) in [7, 11) is 3.48. The number of methoxy groups -OCH3 is 1. The van der Waals surface area contributed by atoms with Crippen LogP contribution in [0.3, 0.4) is 0 Å². The zero-order valence-electron chi connectivity index (χ0n) is 14.6. The molecule has 0 atom stereocenters. The van der Waals surface area contributed by atoms with Gasteiger partial charge < -0.3 is 14.6 Å². The predicted molar refractivity (Wildman–Crippen MR) is 93.6 cm³/mol. The number of nitrogens with zero attached hydrogens (tertiary/aromatic N) is 3. The Kier molecular flexibility index (Phi) is 3.88. The highest BCUT2D eigenvalue weighted by Crippen LogP contribution is 2.36. The molecule has 2 heterocycles. The van der Waals surface area contributed by atoms with Gasteiger partial charge in [-0.3, -0.25) is 9.47 Å². The third-order valence-corrected chi connectivity index (χ3v) is 4.76. The third-order valence-electron chi connectivity index (χ3n) is 4.76. The lowest BCUT2D eigenvalue weighted by molar-refractivity contribution is 0.128. The van der Waals surface area contributed by atoms with Crippen molar-refractivity contribution < 1.29 is 4.74 Å². The first-order valence-corrected chi connectivity index (χ1v) is 8.08. The molecule has 23 heavy (non-hydrogen) atoms. The number of fused-ring (bicyclic) bond motifs is 1. The number of benzene rings is 1. The van der Waals surface area contributed by atoms with Crippen LogP contribution in [0.1, 0.15) is 20.8 Å². The van der Waals surface area contributed by atoms with E-state index in [1.807, 2.05) is 12.1 Å². The minimum Gasteiger partial charge on any atom is -0.494 e. The topological polar surface area (TPSA) is 53.5 Å². The highest BCUT2D eigenvalue weighted by molar-refractivity contribution is 5.93. The molecule has 1 fully saturated rings. The van der Waals surface area contributed by atoms with Crippen LogP contribution in [-0.2, 0) is 7.05 Å². The van der Waals surface area contributed by atoms with Gasteiger partial charge in [-0.15, -0.1) is 0 Å². The highest BCUT2D eigenvalue weighted by atomic mass is 16.5. The Bertz CT molecular complexity index is 761. The Balaban J connectivity index is 2.01. The monoisotopic (exact) mass is 318 g/mol. The smallest absolute Gasteiger partial charge is 0.326 e. The second-order valence-electron chi connectivity index (χ2n) is 7.15. The summed E-state index contributed by atoms with van der Waals surface area (Å²) in [5, 5.41) is 0. The molecule has 6 nitrogen and oxygen atoms in total. The Morgan fingerprint density at radius 3 is 2.35 bits per heavy atom. The minimum absolute atomic E-state index is 0.0946. The summed E-state index contributed by atoms with van der Waals surface area (Å²) >= 11 is 0. The van der Waals surface area contributed by atoms with Crippen LogP contribution in [0.15, 0.2) is 16.9 Å². The van der Waals surface area contributed by atoms with Gasteiger partial charge >= 0.3 is 5.69 Å². The molecule has 126 valence electrons. The number of rotatable bonds is 2. The zero-order valence-corrected chi connectivity index (χ0v) is 14.6. The fourth-order valence-corrected chi connectivity index (χ4v) is 3.37. The van der Waals surface area contributed by atoms with Gasteiger partial charge in [0.25, 0.3) is 0 Å². The van der Waals surface area contributed by atoms with E-state index in [4.69, 9.17) is 4.74 Å². The fourth-order valence-electron chi connectivity index (χ4n) is 3.37. The molecule has 1 saturated heterocycles. The van der Waals surface area contributed by atoms with Crippen molar-refractivity contribution in [1.82, 2.24) is 14.5 Å². The molecule has 1 aliphatic heterocycles. The molecule has 1 aromatic heterocycles. The van der Waals surface area contributed by atoms with E-state index in [-0.39, 0.29) is 11.2 Å². The normalized spacial score (nSPS) is 17.0. The van der Waals surface area contributed by atoms with Gasteiger partial charge in [0.1, 0.15) is 11.4 Å². The van der Waals surface area contributed by atoms with E-state index in [9.17, 15) is 4.79 Å². The van der Waals surface area contributed by atoms with Crippen molar-refractivity contribution in [3.8, 4) is 5.75 Å². The molecule has 0 bridgehead atoms. The molecule has 0 aliphatic carbocycles. The van der Waals surface area contributed by atoms with Crippen molar-refractivity contribution >= 4 is 16.7 Å². The summed E-state index contributed by atoms with van der Waals surface area (Å²) in [6, 6.07) is 3.84. The van der Waals surface area contributed by atoms with Crippen LogP contribution in [0.5, 0.6) is 5.75 Å². The summed E-state index contributed by atoms with van der Waals surface area (Å²) in [5.74, 6) is 0.816. The quantitative estimate of drug-likeness (QED) is 0.917. The van der Waals surface area contributed by atoms with Crippen molar-refractivity contribution in [2.75, 3.05) is 38.2 Å². The van der Waals surface area contributed by atoms with Gasteiger partial charge in [-0.25, -0.2) is 4.79 Å². The molecule has 0 saturated carbocycles. The van der Waals surface area contributed by atoms with Crippen molar-refractivity contribution in [2.45, 2.75) is 26.3 Å². The second-order valence-corrected chi connectivity index (χ2v) is 7.15. The number of anilines is 1. The number of piperazine rings is 1.